The first-order chi connectivity index (χ1) is 19.0. The Bertz CT molecular complexity index is 1050. The Morgan fingerprint density at radius 2 is 1.52 bits per heavy atom. The summed E-state index contributed by atoms with van der Waals surface area (Å²) in [6.45, 7) is 5.87. The summed E-state index contributed by atoms with van der Waals surface area (Å²) in [7, 11) is 0. The molecule has 0 radical (unpaired) electrons. The van der Waals surface area contributed by atoms with Crippen molar-refractivity contribution in [2.75, 3.05) is 45.8 Å². The summed E-state index contributed by atoms with van der Waals surface area (Å²) in [4.78, 5) is 65.7. The molecule has 12 nitrogen and oxygen atoms in total. The first-order valence-electron chi connectivity index (χ1n) is 13.9. The minimum atomic E-state index is -0.845. The minimum Gasteiger partial charge on any atom is -0.346 e. The van der Waals surface area contributed by atoms with Gasteiger partial charge in [-0.2, -0.15) is 0 Å². The van der Waals surface area contributed by atoms with Gasteiger partial charge in [-0.15, -0.1) is 0 Å². The SMILES string of the molecule is CC(C)CC(NC(=O)CNC(=O)C(N)Cc1ccccc1)C(=O)NCC(=O)N1CC2(CCN(C(=O)CN)CC2)C1. The topological polar surface area (TPSA) is 180 Å². The second kappa shape index (κ2) is 14.2. The van der Waals surface area contributed by atoms with E-state index in [1.54, 1.807) is 9.80 Å². The number of nitrogens with one attached hydrogen (secondary N) is 3. The van der Waals surface area contributed by atoms with Gasteiger partial charge in [0.2, 0.25) is 29.5 Å². The lowest BCUT2D eigenvalue weighted by Crippen LogP contribution is -2.63. The fourth-order valence-electron chi connectivity index (χ4n) is 5.22. The molecule has 2 unspecified atom stereocenters. The van der Waals surface area contributed by atoms with Crippen LogP contribution in [0.4, 0.5) is 0 Å². The molecule has 3 rings (SSSR count). The van der Waals surface area contributed by atoms with Gasteiger partial charge in [-0.05, 0) is 37.2 Å². The fourth-order valence-corrected chi connectivity index (χ4v) is 5.22. The molecule has 1 spiro atoms. The Hall–Kier alpha value is -3.51. The molecule has 1 aromatic rings. The van der Waals surface area contributed by atoms with Gasteiger partial charge in [0.25, 0.3) is 0 Å². The number of hydrogen-bond acceptors (Lipinski definition) is 7. The number of hydrogen-bond donors (Lipinski definition) is 5. The van der Waals surface area contributed by atoms with Gasteiger partial charge in [0.15, 0.2) is 0 Å². The molecule has 220 valence electrons. The molecule has 1 aromatic carbocycles. The van der Waals surface area contributed by atoms with E-state index in [2.05, 4.69) is 16.0 Å². The van der Waals surface area contributed by atoms with E-state index >= 15 is 0 Å². The Kier molecular flexibility index (Phi) is 11.0. The summed E-state index contributed by atoms with van der Waals surface area (Å²) < 4.78 is 0. The van der Waals surface area contributed by atoms with Crippen LogP contribution in [0.25, 0.3) is 0 Å². The van der Waals surface area contributed by atoms with Gasteiger partial charge in [0.05, 0.1) is 25.7 Å². The summed E-state index contributed by atoms with van der Waals surface area (Å²) in [5, 5.41) is 7.84. The standard InChI is InChI=1S/C28H43N7O5/c1-19(2)12-22(33-23(36)15-31-26(39)21(30)13-20-6-4-3-5-7-20)27(40)32-16-25(38)35-17-28(18-35)8-10-34(11-9-28)24(37)14-29/h3-7,19,21-22H,8-18,29-30H2,1-2H3,(H,31,39)(H,32,40)(H,33,36). The average Bonchev–Trinajstić information content (AvgIpc) is 2.92. The molecule has 2 atom stereocenters. The lowest BCUT2D eigenvalue weighted by Gasteiger charge is -2.54. The number of benzene rings is 1. The van der Waals surface area contributed by atoms with Gasteiger partial charge in [0, 0.05) is 31.6 Å². The largest absolute Gasteiger partial charge is 0.346 e. The molecule has 40 heavy (non-hydrogen) atoms. The van der Waals surface area contributed by atoms with Crippen LogP contribution < -0.4 is 27.4 Å². The van der Waals surface area contributed by atoms with E-state index in [0.717, 1.165) is 18.4 Å². The first kappa shape index (κ1) is 31.0. The summed E-state index contributed by atoms with van der Waals surface area (Å²) >= 11 is 0. The highest BCUT2D eigenvalue weighted by atomic mass is 16.2. The van der Waals surface area contributed by atoms with Gasteiger partial charge in [-0.25, -0.2) is 0 Å². The maximum atomic E-state index is 12.9. The van der Waals surface area contributed by atoms with Crippen molar-refractivity contribution in [2.24, 2.45) is 22.8 Å². The summed E-state index contributed by atoms with van der Waals surface area (Å²) in [5.41, 5.74) is 12.3. The molecular formula is C28H43N7O5. The second-order valence-electron chi connectivity index (χ2n) is 11.3. The van der Waals surface area contributed by atoms with Crippen molar-refractivity contribution in [1.29, 1.82) is 0 Å². The van der Waals surface area contributed by atoms with Crippen molar-refractivity contribution >= 4 is 29.5 Å². The van der Waals surface area contributed by atoms with Crippen molar-refractivity contribution in [2.45, 2.75) is 51.6 Å². The normalized spacial score (nSPS) is 17.5. The number of piperidine rings is 1. The zero-order chi connectivity index (χ0) is 29.3. The average molecular weight is 558 g/mol. The maximum Gasteiger partial charge on any atom is 0.243 e. The molecule has 0 bridgehead atoms. The molecule has 2 aliphatic heterocycles. The molecule has 2 heterocycles. The Morgan fingerprint density at radius 3 is 2.12 bits per heavy atom. The summed E-state index contributed by atoms with van der Waals surface area (Å²) in [5.74, 6) is -1.56. The molecule has 0 saturated carbocycles. The van der Waals surface area contributed by atoms with E-state index in [-0.39, 0.29) is 42.8 Å². The zero-order valence-corrected chi connectivity index (χ0v) is 23.5. The molecule has 0 aliphatic carbocycles. The Labute approximate surface area is 235 Å². The molecule has 12 heteroatoms. The predicted molar refractivity (Wildman–Crippen MR) is 149 cm³/mol. The number of likely N-dealkylation sites (tertiary alicyclic amines) is 2. The van der Waals surface area contributed by atoms with Crippen LogP contribution in [0.2, 0.25) is 0 Å². The monoisotopic (exact) mass is 557 g/mol. The van der Waals surface area contributed by atoms with E-state index in [1.807, 2.05) is 44.2 Å². The van der Waals surface area contributed by atoms with E-state index < -0.39 is 29.8 Å². The van der Waals surface area contributed by atoms with E-state index in [4.69, 9.17) is 11.5 Å². The van der Waals surface area contributed by atoms with Gasteiger partial charge in [-0.1, -0.05) is 44.2 Å². The quantitative estimate of drug-likeness (QED) is 0.212. The molecule has 2 aliphatic rings. The smallest absolute Gasteiger partial charge is 0.243 e. The van der Waals surface area contributed by atoms with Crippen LogP contribution in [0.15, 0.2) is 30.3 Å². The highest BCUT2D eigenvalue weighted by molar-refractivity contribution is 5.92. The Morgan fingerprint density at radius 1 is 0.900 bits per heavy atom. The third kappa shape index (κ3) is 8.75. The summed E-state index contributed by atoms with van der Waals surface area (Å²) in [6.07, 6.45) is 2.36. The lowest BCUT2D eigenvalue weighted by atomic mass is 9.72. The number of amides is 5. The number of nitrogens with zero attached hydrogens (tertiary/aromatic N) is 2. The van der Waals surface area contributed by atoms with Crippen LogP contribution in [-0.2, 0) is 30.4 Å². The van der Waals surface area contributed by atoms with Crippen LogP contribution >= 0.6 is 0 Å². The maximum absolute atomic E-state index is 12.9. The van der Waals surface area contributed by atoms with Crippen LogP contribution in [0.3, 0.4) is 0 Å². The van der Waals surface area contributed by atoms with Crippen molar-refractivity contribution in [3.63, 3.8) is 0 Å². The predicted octanol–water partition coefficient (Wildman–Crippen LogP) is -1.27. The van der Waals surface area contributed by atoms with E-state index in [0.29, 0.717) is 39.0 Å². The van der Waals surface area contributed by atoms with E-state index in [1.165, 1.54) is 0 Å². The van der Waals surface area contributed by atoms with Crippen molar-refractivity contribution in [3.8, 4) is 0 Å². The molecule has 0 aromatic heterocycles. The zero-order valence-electron chi connectivity index (χ0n) is 23.5. The van der Waals surface area contributed by atoms with Crippen LogP contribution in [0.1, 0.15) is 38.7 Å². The lowest BCUT2D eigenvalue weighted by molar-refractivity contribution is -0.149. The van der Waals surface area contributed by atoms with Gasteiger partial charge >= 0.3 is 0 Å². The van der Waals surface area contributed by atoms with Crippen LogP contribution in [-0.4, -0.2) is 97.2 Å². The van der Waals surface area contributed by atoms with Crippen LogP contribution in [0.5, 0.6) is 0 Å². The van der Waals surface area contributed by atoms with Gasteiger partial charge in [0.1, 0.15) is 6.04 Å². The summed E-state index contributed by atoms with van der Waals surface area (Å²) in [6, 6.07) is 7.68. The second-order valence-corrected chi connectivity index (χ2v) is 11.3. The minimum absolute atomic E-state index is 0.00707. The first-order valence-corrected chi connectivity index (χ1v) is 13.9. The molecule has 2 saturated heterocycles. The molecule has 7 N–H and O–H groups in total. The molecule has 2 fully saturated rings. The third-order valence-corrected chi connectivity index (χ3v) is 7.59. The van der Waals surface area contributed by atoms with Crippen molar-refractivity contribution in [3.05, 3.63) is 35.9 Å². The van der Waals surface area contributed by atoms with Crippen molar-refractivity contribution < 1.29 is 24.0 Å². The molecular weight excluding hydrogens is 514 g/mol. The molecule has 5 amide bonds. The number of carbonyl (C=O) groups is 5. The number of nitrogens with two attached hydrogens (primary N) is 2. The number of carbonyl (C=O) groups excluding carboxylic acids is 5. The highest BCUT2D eigenvalue weighted by Gasteiger charge is 2.47. The van der Waals surface area contributed by atoms with Crippen molar-refractivity contribution in [1.82, 2.24) is 25.8 Å². The van der Waals surface area contributed by atoms with Gasteiger partial charge in [-0.3, -0.25) is 24.0 Å². The van der Waals surface area contributed by atoms with E-state index in [9.17, 15) is 24.0 Å². The third-order valence-electron chi connectivity index (χ3n) is 7.59. The van der Waals surface area contributed by atoms with Gasteiger partial charge < -0.3 is 37.2 Å². The van der Waals surface area contributed by atoms with Crippen LogP contribution in [0, 0.1) is 11.3 Å². The fraction of sp³-hybridized carbons (Fsp3) is 0.607. The number of rotatable bonds is 12. The highest BCUT2D eigenvalue weighted by Crippen LogP contribution is 2.40. The Balaban J connectivity index is 1.40.